The van der Waals surface area contributed by atoms with E-state index in [1.54, 1.807) is 11.1 Å². The first-order chi connectivity index (χ1) is 12.5. The average molecular weight is 351 g/mol. The van der Waals surface area contributed by atoms with Crippen molar-refractivity contribution in [1.82, 2.24) is 15.5 Å². The normalized spacial score (nSPS) is 25.7. The van der Waals surface area contributed by atoms with Crippen molar-refractivity contribution in [3.05, 3.63) is 52.9 Å². The zero-order chi connectivity index (χ0) is 18.1. The third kappa shape index (κ3) is 1.71. The summed E-state index contributed by atoms with van der Waals surface area (Å²) < 4.78 is 6.02. The fraction of sp³-hybridized carbons (Fsp3) is 0.222. The van der Waals surface area contributed by atoms with Crippen molar-refractivity contribution in [3.63, 3.8) is 0 Å². The predicted octanol–water partition coefficient (Wildman–Crippen LogP) is 0.723. The molecule has 1 fully saturated rings. The first-order valence-electron chi connectivity index (χ1n) is 8.19. The Bertz CT molecular complexity index is 957. The number of carbonyl (C=O) groups is 4. The van der Waals surface area contributed by atoms with Gasteiger partial charge in [-0.05, 0) is 18.1 Å². The van der Waals surface area contributed by atoms with E-state index in [0.717, 1.165) is 11.1 Å². The summed E-state index contributed by atoms with van der Waals surface area (Å²) in [5.74, 6) is -2.19. The van der Waals surface area contributed by atoms with Crippen molar-refractivity contribution < 1.29 is 23.9 Å². The molecule has 5 rings (SSSR count). The number of ether oxygens (including phenoxy) is 1. The minimum Gasteiger partial charge on any atom is -0.323 e. The summed E-state index contributed by atoms with van der Waals surface area (Å²) in [6.45, 7) is 0. The van der Waals surface area contributed by atoms with Crippen LogP contribution in [0.4, 0.5) is 4.79 Å². The van der Waals surface area contributed by atoms with Crippen LogP contribution in [0.3, 0.4) is 0 Å². The van der Waals surface area contributed by atoms with Gasteiger partial charge < -0.3 is 9.64 Å². The Morgan fingerprint density at radius 3 is 2.54 bits per heavy atom. The van der Waals surface area contributed by atoms with Gasteiger partial charge in [-0.15, -0.1) is 0 Å². The highest BCUT2D eigenvalue weighted by Crippen LogP contribution is 2.49. The van der Waals surface area contributed by atoms with Crippen molar-refractivity contribution in [1.29, 1.82) is 0 Å². The van der Waals surface area contributed by atoms with Gasteiger partial charge in [-0.1, -0.05) is 24.3 Å². The third-order valence-corrected chi connectivity index (χ3v) is 5.13. The molecule has 0 unspecified atom stereocenters. The molecular formula is C18H13N3O5. The molecule has 1 aromatic carbocycles. The lowest BCUT2D eigenvalue weighted by Gasteiger charge is -2.47. The second kappa shape index (κ2) is 4.89. The number of nitrogens with one attached hydrogen (secondary N) is 2. The molecule has 1 aliphatic carbocycles. The van der Waals surface area contributed by atoms with Crippen molar-refractivity contribution in [3.8, 4) is 0 Å². The van der Waals surface area contributed by atoms with Crippen LogP contribution in [-0.4, -0.2) is 34.1 Å². The van der Waals surface area contributed by atoms with Gasteiger partial charge in [0.05, 0.1) is 5.57 Å². The summed E-state index contributed by atoms with van der Waals surface area (Å²) in [6, 6.07) is 6.53. The summed E-state index contributed by atoms with van der Waals surface area (Å²) in [7, 11) is 0. The lowest BCUT2D eigenvalue weighted by molar-refractivity contribution is -0.179. The lowest BCUT2D eigenvalue weighted by Crippen LogP contribution is -2.71. The number of ketones is 1. The van der Waals surface area contributed by atoms with Crippen LogP contribution in [0, 0.1) is 0 Å². The largest absolute Gasteiger partial charge is 0.328 e. The van der Waals surface area contributed by atoms with Gasteiger partial charge in [0.2, 0.25) is 0 Å². The van der Waals surface area contributed by atoms with E-state index in [4.69, 9.17) is 4.74 Å². The van der Waals surface area contributed by atoms with Crippen molar-refractivity contribution in [2.45, 2.75) is 24.7 Å². The SMILES string of the molecule is O=C1NC(=O)C2(O[C@@H]3c4ccccc4C=CN3C3=C2C(=O)CC3)C(=O)N1. The van der Waals surface area contributed by atoms with Gasteiger partial charge in [0.15, 0.2) is 12.0 Å². The van der Waals surface area contributed by atoms with Gasteiger partial charge >= 0.3 is 6.03 Å². The Hall–Kier alpha value is -3.26. The average Bonchev–Trinajstić information content (AvgIpc) is 3.02. The van der Waals surface area contributed by atoms with Gasteiger partial charge in [-0.3, -0.25) is 25.0 Å². The molecule has 0 radical (unpaired) electrons. The highest BCUT2D eigenvalue weighted by atomic mass is 16.5. The number of hydrogen-bond donors (Lipinski definition) is 2. The number of urea groups is 1. The first kappa shape index (κ1) is 15.0. The third-order valence-electron chi connectivity index (χ3n) is 5.13. The molecule has 0 aromatic heterocycles. The number of carbonyl (C=O) groups excluding carboxylic acids is 4. The number of rotatable bonds is 0. The Balaban J connectivity index is 1.75. The highest BCUT2D eigenvalue weighted by Gasteiger charge is 2.63. The molecule has 26 heavy (non-hydrogen) atoms. The predicted molar refractivity (Wildman–Crippen MR) is 86.8 cm³/mol. The molecule has 3 heterocycles. The van der Waals surface area contributed by atoms with E-state index in [1.807, 2.05) is 30.3 Å². The number of imide groups is 2. The molecule has 4 amide bonds. The molecule has 1 aromatic rings. The molecule has 2 N–H and O–H groups in total. The van der Waals surface area contributed by atoms with Crippen LogP contribution >= 0.6 is 0 Å². The van der Waals surface area contributed by atoms with Gasteiger partial charge in [0.1, 0.15) is 0 Å². The van der Waals surface area contributed by atoms with Crippen molar-refractivity contribution >= 4 is 29.7 Å². The number of fused-ring (bicyclic) bond motifs is 5. The number of nitrogens with zero attached hydrogens (tertiary/aromatic N) is 1. The maximum absolute atomic E-state index is 12.7. The monoisotopic (exact) mass is 351 g/mol. The molecule has 4 aliphatic rings. The zero-order valence-corrected chi connectivity index (χ0v) is 13.4. The van der Waals surface area contributed by atoms with Gasteiger partial charge in [-0.25, -0.2) is 4.79 Å². The van der Waals surface area contributed by atoms with Crippen molar-refractivity contribution in [2.24, 2.45) is 0 Å². The van der Waals surface area contributed by atoms with Gasteiger partial charge in [-0.2, -0.15) is 0 Å². The zero-order valence-electron chi connectivity index (χ0n) is 13.4. The van der Waals surface area contributed by atoms with E-state index >= 15 is 0 Å². The number of benzene rings is 1. The maximum atomic E-state index is 12.7. The summed E-state index contributed by atoms with van der Waals surface area (Å²) in [6.07, 6.45) is 3.52. The molecule has 3 aliphatic heterocycles. The second-order valence-corrected chi connectivity index (χ2v) is 6.49. The standard InChI is InChI=1S/C18H13N3O5/c22-12-6-5-11-13(12)18(15(23)19-17(25)20-16(18)24)26-14-10-4-2-1-3-9(10)7-8-21(11)14/h1-4,7-8,14H,5-6H2,(H2,19,20,23,24,25)/t14-/m1/s1. The molecule has 8 heteroatoms. The number of allylic oxidation sites excluding steroid dienone is 1. The molecule has 0 bridgehead atoms. The molecule has 8 nitrogen and oxygen atoms in total. The van der Waals surface area contributed by atoms with E-state index in [1.165, 1.54) is 0 Å². The van der Waals surface area contributed by atoms with Crippen LogP contribution in [0.2, 0.25) is 0 Å². The lowest BCUT2D eigenvalue weighted by atomic mass is 9.85. The summed E-state index contributed by atoms with van der Waals surface area (Å²) in [4.78, 5) is 51.3. The molecule has 1 spiro atoms. The smallest absolute Gasteiger partial charge is 0.323 e. The number of hydrogen-bond acceptors (Lipinski definition) is 6. The Kier molecular flexibility index (Phi) is 2.83. The first-order valence-corrected chi connectivity index (χ1v) is 8.19. The molecule has 130 valence electrons. The number of amides is 4. The fourth-order valence-corrected chi connectivity index (χ4v) is 4.01. The van der Waals surface area contributed by atoms with Crippen LogP contribution < -0.4 is 10.6 Å². The maximum Gasteiger partial charge on any atom is 0.328 e. The molecule has 1 saturated heterocycles. The molecular weight excluding hydrogens is 338 g/mol. The van der Waals surface area contributed by atoms with Crippen LogP contribution in [0.1, 0.15) is 30.2 Å². The topological polar surface area (TPSA) is 105 Å². The van der Waals surface area contributed by atoms with Crippen LogP contribution in [-0.2, 0) is 19.1 Å². The highest BCUT2D eigenvalue weighted by molar-refractivity contribution is 6.28. The van der Waals surface area contributed by atoms with E-state index < -0.39 is 29.7 Å². The summed E-state index contributed by atoms with van der Waals surface area (Å²) in [5.41, 5.74) is 0.107. The summed E-state index contributed by atoms with van der Waals surface area (Å²) >= 11 is 0. The second-order valence-electron chi connectivity index (χ2n) is 6.49. The fourth-order valence-electron chi connectivity index (χ4n) is 4.01. The van der Waals surface area contributed by atoms with Gasteiger partial charge in [0.25, 0.3) is 17.4 Å². The number of Topliss-reactive ketones (excluding diaryl/α,β-unsaturated/α-hetero) is 1. The van der Waals surface area contributed by atoms with E-state index in [0.29, 0.717) is 12.1 Å². The van der Waals surface area contributed by atoms with E-state index in [-0.39, 0.29) is 17.8 Å². The van der Waals surface area contributed by atoms with Crippen molar-refractivity contribution in [2.75, 3.05) is 0 Å². The summed E-state index contributed by atoms with van der Waals surface area (Å²) in [5, 5.41) is 4.13. The quantitative estimate of drug-likeness (QED) is 0.668. The van der Waals surface area contributed by atoms with Crippen LogP contribution in [0.5, 0.6) is 0 Å². The van der Waals surface area contributed by atoms with E-state index in [9.17, 15) is 19.2 Å². The van der Waals surface area contributed by atoms with Gasteiger partial charge in [0, 0.05) is 23.9 Å². The van der Waals surface area contributed by atoms with Crippen LogP contribution in [0.25, 0.3) is 6.08 Å². The Labute approximate surface area is 147 Å². The molecule has 0 saturated carbocycles. The van der Waals surface area contributed by atoms with E-state index in [2.05, 4.69) is 10.6 Å². The Morgan fingerprint density at radius 2 is 1.77 bits per heavy atom. The number of barbiturate groups is 1. The van der Waals surface area contributed by atoms with Crippen LogP contribution in [0.15, 0.2) is 41.7 Å². The molecule has 1 atom stereocenters. The minimum atomic E-state index is -2.16. The minimum absolute atomic E-state index is 0.0141. The Morgan fingerprint density at radius 1 is 1.04 bits per heavy atom.